The number of nitrogens with one attached hydrogen (secondary N) is 2. The normalized spacial score (nSPS) is 18.9. The van der Waals surface area contributed by atoms with Gasteiger partial charge in [-0.3, -0.25) is 4.79 Å². The van der Waals surface area contributed by atoms with Crippen molar-refractivity contribution in [1.82, 2.24) is 10.6 Å². The molecule has 2 N–H and O–H groups in total. The zero-order valence-corrected chi connectivity index (χ0v) is 11.4. The van der Waals surface area contributed by atoms with Gasteiger partial charge < -0.3 is 10.6 Å². The number of benzene rings is 1. The molecule has 0 bridgehead atoms. The van der Waals surface area contributed by atoms with E-state index in [-0.39, 0.29) is 5.91 Å². The van der Waals surface area contributed by atoms with Crippen molar-refractivity contribution in [2.45, 2.75) is 32.2 Å². The van der Waals surface area contributed by atoms with Crippen LogP contribution in [0.1, 0.15) is 35.2 Å². The molecule has 2 rings (SSSR count). The lowest BCUT2D eigenvalue weighted by molar-refractivity contribution is 0.0951. The molecule has 1 aromatic rings. The van der Waals surface area contributed by atoms with Crippen LogP contribution in [0.2, 0.25) is 5.02 Å². The van der Waals surface area contributed by atoms with E-state index < -0.39 is 0 Å². The average Bonchev–Trinajstić information content (AvgIpc) is 2.81. The standard InChI is InChI=1S/C14H19ClN2O/c1-10-9-11(15)4-5-13(10)14(18)17-8-6-12-3-2-7-16-12/h4-5,9,12,16H,2-3,6-8H2,1H3,(H,17,18)/t12-/m1/s1. The second-order valence-corrected chi connectivity index (χ2v) is 5.23. The summed E-state index contributed by atoms with van der Waals surface area (Å²) in [6.07, 6.45) is 3.46. The predicted octanol–water partition coefficient (Wildman–Crippen LogP) is 2.52. The molecule has 0 aromatic heterocycles. The minimum atomic E-state index is -0.0119. The van der Waals surface area contributed by atoms with E-state index in [0.29, 0.717) is 16.6 Å². The fraction of sp³-hybridized carbons (Fsp3) is 0.500. The lowest BCUT2D eigenvalue weighted by Gasteiger charge is -2.11. The highest BCUT2D eigenvalue weighted by molar-refractivity contribution is 6.30. The highest BCUT2D eigenvalue weighted by Gasteiger charge is 2.14. The van der Waals surface area contributed by atoms with Crippen molar-refractivity contribution in [3.05, 3.63) is 34.3 Å². The minimum Gasteiger partial charge on any atom is -0.352 e. The van der Waals surface area contributed by atoms with Crippen LogP contribution in [0.25, 0.3) is 0 Å². The van der Waals surface area contributed by atoms with Crippen LogP contribution in [0.15, 0.2) is 18.2 Å². The van der Waals surface area contributed by atoms with Gasteiger partial charge in [-0.05, 0) is 56.5 Å². The molecule has 1 fully saturated rings. The highest BCUT2D eigenvalue weighted by Crippen LogP contribution is 2.15. The molecule has 0 spiro atoms. The highest BCUT2D eigenvalue weighted by atomic mass is 35.5. The smallest absolute Gasteiger partial charge is 0.251 e. The second kappa shape index (κ2) is 6.21. The van der Waals surface area contributed by atoms with E-state index in [9.17, 15) is 4.79 Å². The number of hydrogen-bond acceptors (Lipinski definition) is 2. The van der Waals surface area contributed by atoms with Gasteiger partial charge in [-0.25, -0.2) is 0 Å². The molecule has 3 nitrogen and oxygen atoms in total. The molecule has 1 heterocycles. The van der Waals surface area contributed by atoms with Gasteiger partial charge >= 0.3 is 0 Å². The molecule has 0 saturated carbocycles. The molecular formula is C14H19ClN2O. The Labute approximate surface area is 113 Å². The number of aryl methyl sites for hydroxylation is 1. The first-order valence-corrected chi connectivity index (χ1v) is 6.82. The van der Waals surface area contributed by atoms with Gasteiger partial charge in [-0.2, -0.15) is 0 Å². The van der Waals surface area contributed by atoms with Crippen molar-refractivity contribution in [3.8, 4) is 0 Å². The van der Waals surface area contributed by atoms with Gasteiger partial charge in [0.2, 0.25) is 0 Å². The Kier molecular flexibility index (Phi) is 4.61. The molecule has 4 heteroatoms. The van der Waals surface area contributed by atoms with E-state index in [2.05, 4.69) is 10.6 Å². The van der Waals surface area contributed by atoms with Crippen molar-refractivity contribution >= 4 is 17.5 Å². The number of rotatable bonds is 4. The van der Waals surface area contributed by atoms with Crippen molar-refractivity contribution < 1.29 is 4.79 Å². The molecule has 1 saturated heterocycles. The summed E-state index contributed by atoms with van der Waals surface area (Å²) in [7, 11) is 0. The number of carbonyl (C=O) groups excluding carboxylic acids is 1. The maximum absolute atomic E-state index is 12.0. The van der Waals surface area contributed by atoms with Gasteiger partial charge in [0.15, 0.2) is 0 Å². The molecule has 1 aromatic carbocycles. The zero-order chi connectivity index (χ0) is 13.0. The Balaban J connectivity index is 1.83. The third-order valence-electron chi connectivity index (χ3n) is 3.37. The Morgan fingerprint density at radius 1 is 1.56 bits per heavy atom. The fourth-order valence-corrected chi connectivity index (χ4v) is 2.57. The van der Waals surface area contributed by atoms with Crippen LogP contribution in [-0.2, 0) is 0 Å². The molecule has 0 radical (unpaired) electrons. The number of halogens is 1. The van der Waals surface area contributed by atoms with Gasteiger partial charge in [0, 0.05) is 23.2 Å². The molecular weight excluding hydrogens is 248 g/mol. The van der Waals surface area contributed by atoms with E-state index >= 15 is 0 Å². The van der Waals surface area contributed by atoms with Crippen LogP contribution in [0.4, 0.5) is 0 Å². The van der Waals surface area contributed by atoms with Crippen molar-refractivity contribution in [2.24, 2.45) is 0 Å². The van der Waals surface area contributed by atoms with Gasteiger partial charge in [-0.15, -0.1) is 0 Å². The SMILES string of the molecule is Cc1cc(Cl)ccc1C(=O)NCC[C@H]1CCCN1. The van der Waals surface area contributed by atoms with E-state index in [1.807, 2.05) is 13.0 Å². The lowest BCUT2D eigenvalue weighted by Crippen LogP contribution is -2.30. The van der Waals surface area contributed by atoms with Crippen LogP contribution in [0, 0.1) is 6.92 Å². The molecule has 98 valence electrons. The van der Waals surface area contributed by atoms with Crippen molar-refractivity contribution in [1.29, 1.82) is 0 Å². The number of carbonyl (C=O) groups is 1. The predicted molar refractivity (Wildman–Crippen MR) is 74.2 cm³/mol. The van der Waals surface area contributed by atoms with Crippen LogP contribution < -0.4 is 10.6 Å². The Bertz CT molecular complexity index is 428. The van der Waals surface area contributed by atoms with Gasteiger partial charge in [0.1, 0.15) is 0 Å². The summed E-state index contributed by atoms with van der Waals surface area (Å²) in [5.41, 5.74) is 1.62. The molecule has 18 heavy (non-hydrogen) atoms. The first kappa shape index (κ1) is 13.4. The molecule has 1 amide bonds. The quantitative estimate of drug-likeness (QED) is 0.879. The summed E-state index contributed by atoms with van der Waals surface area (Å²) in [5, 5.41) is 7.05. The summed E-state index contributed by atoms with van der Waals surface area (Å²) < 4.78 is 0. The molecule has 1 atom stereocenters. The van der Waals surface area contributed by atoms with Gasteiger partial charge in [0.25, 0.3) is 5.91 Å². The van der Waals surface area contributed by atoms with E-state index in [1.54, 1.807) is 12.1 Å². The summed E-state index contributed by atoms with van der Waals surface area (Å²) in [5.74, 6) is -0.0119. The topological polar surface area (TPSA) is 41.1 Å². The van der Waals surface area contributed by atoms with Gasteiger partial charge in [-0.1, -0.05) is 11.6 Å². The number of amides is 1. The monoisotopic (exact) mass is 266 g/mol. The first-order chi connectivity index (χ1) is 8.66. The molecule has 1 aliphatic heterocycles. The Morgan fingerprint density at radius 2 is 2.39 bits per heavy atom. The first-order valence-electron chi connectivity index (χ1n) is 6.44. The summed E-state index contributed by atoms with van der Waals surface area (Å²) in [4.78, 5) is 12.0. The molecule has 1 aliphatic rings. The van der Waals surface area contributed by atoms with Crippen LogP contribution in [0.5, 0.6) is 0 Å². The Hall–Kier alpha value is -1.06. The van der Waals surface area contributed by atoms with Gasteiger partial charge in [0.05, 0.1) is 0 Å². The van der Waals surface area contributed by atoms with Crippen LogP contribution >= 0.6 is 11.6 Å². The van der Waals surface area contributed by atoms with E-state index in [4.69, 9.17) is 11.6 Å². The third kappa shape index (κ3) is 3.47. The summed E-state index contributed by atoms with van der Waals surface area (Å²) in [6.45, 7) is 3.73. The third-order valence-corrected chi connectivity index (χ3v) is 3.61. The lowest BCUT2D eigenvalue weighted by atomic mass is 10.1. The zero-order valence-electron chi connectivity index (χ0n) is 10.6. The summed E-state index contributed by atoms with van der Waals surface area (Å²) >= 11 is 5.87. The van der Waals surface area contributed by atoms with Crippen LogP contribution in [0.3, 0.4) is 0 Å². The maximum atomic E-state index is 12.0. The largest absolute Gasteiger partial charge is 0.352 e. The summed E-state index contributed by atoms with van der Waals surface area (Å²) in [6, 6.07) is 5.91. The maximum Gasteiger partial charge on any atom is 0.251 e. The fourth-order valence-electron chi connectivity index (χ4n) is 2.34. The minimum absolute atomic E-state index is 0.0119. The second-order valence-electron chi connectivity index (χ2n) is 4.80. The number of hydrogen-bond donors (Lipinski definition) is 2. The molecule has 0 unspecified atom stereocenters. The van der Waals surface area contributed by atoms with Crippen LogP contribution in [-0.4, -0.2) is 25.0 Å². The molecule has 0 aliphatic carbocycles. The van der Waals surface area contributed by atoms with Crippen molar-refractivity contribution in [2.75, 3.05) is 13.1 Å². The average molecular weight is 267 g/mol. The van der Waals surface area contributed by atoms with E-state index in [1.165, 1.54) is 12.8 Å². The van der Waals surface area contributed by atoms with E-state index in [0.717, 1.165) is 25.1 Å². The van der Waals surface area contributed by atoms with Crippen molar-refractivity contribution in [3.63, 3.8) is 0 Å². The Morgan fingerprint density at radius 3 is 3.06 bits per heavy atom.